The summed E-state index contributed by atoms with van der Waals surface area (Å²) < 4.78 is 1.91. The lowest BCUT2D eigenvalue weighted by Crippen LogP contribution is -2.26. The summed E-state index contributed by atoms with van der Waals surface area (Å²) in [6, 6.07) is 7.47. The molecule has 118 valence electrons. The van der Waals surface area contributed by atoms with Gasteiger partial charge >= 0.3 is 0 Å². The largest absolute Gasteiger partial charge is 0.349 e. The fraction of sp³-hybridized carbons (Fsp3) is 0.188. The molecule has 3 rings (SSSR count). The number of thiazole rings is 1. The average molecular weight is 347 g/mol. The van der Waals surface area contributed by atoms with Crippen molar-refractivity contribution in [1.82, 2.24) is 19.9 Å². The highest BCUT2D eigenvalue weighted by Gasteiger charge is 2.16. The van der Waals surface area contributed by atoms with Crippen molar-refractivity contribution in [1.29, 1.82) is 0 Å². The Bertz CT molecular complexity index is 813. The van der Waals surface area contributed by atoms with Gasteiger partial charge in [-0.15, -0.1) is 11.3 Å². The Kier molecular flexibility index (Phi) is 4.73. The molecular formula is C16H15ClN4OS. The molecule has 0 spiro atoms. The molecular weight excluding hydrogens is 332 g/mol. The van der Waals surface area contributed by atoms with E-state index in [-0.39, 0.29) is 5.91 Å². The van der Waals surface area contributed by atoms with Gasteiger partial charge in [0.1, 0.15) is 9.88 Å². The van der Waals surface area contributed by atoms with E-state index >= 15 is 0 Å². The van der Waals surface area contributed by atoms with E-state index in [9.17, 15) is 4.79 Å². The van der Waals surface area contributed by atoms with Crippen molar-refractivity contribution in [3.05, 3.63) is 58.6 Å². The zero-order chi connectivity index (χ0) is 16.2. The number of hydrogen-bond donors (Lipinski definition) is 1. The summed E-state index contributed by atoms with van der Waals surface area (Å²) in [6.45, 7) is 3.07. The van der Waals surface area contributed by atoms with Crippen LogP contribution in [0.25, 0.3) is 10.6 Å². The van der Waals surface area contributed by atoms with Gasteiger partial charge in [0.05, 0.1) is 12.0 Å². The third kappa shape index (κ3) is 3.78. The van der Waals surface area contributed by atoms with E-state index in [1.54, 1.807) is 12.5 Å². The molecule has 7 heteroatoms. The Morgan fingerprint density at radius 2 is 2.30 bits per heavy atom. The van der Waals surface area contributed by atoms with Crippen LogP contribution >= 0.6 is 22.9 Å². The first-order valence-electron chi connectivity index (χ1n) is 7.11. The molecule has 0 bridgehead atoms. The first kappa shape index (κ1) is 15.7. The highest BCUT2D eigenvalue weighted by Crippen LogP contribution is 2.29. The number of aryl methyl sites for hydroxylation is 1. The average Bonchev–Trinajstić information content (AvgIpc) is 3.17. The summed E-state index contributed by atoms with van der Waals surface area (Å²) in [5, 5.41) is 4.36. The van der Waals surface area contributed by atoms with Crippen LogP contribution in [0.5, 0.6) is 0 Å². The van der Waals surface area contributed by atoms with Gasteiger partial charge in [-0.05, 0) is 19.1 Å². The monoisotopic (exact) mass is 346 g/mol. The van der Waals surface area contributed by atoms with Gasteiger partial charge in [-0.3, -0.25) is 4.79 Å². The van der Waals surface area contributed by atoms with Gasteiger partial charge in [0, 0.05) is 36.1 Å². The van der Waals surface area contributed by atoms with Crippen LogP contribution in [0.2, 0.25) is 5.02 Å². The fourth-order valence-corrected chi connectivity index (χ4v) is 3.32. The lowest BCUT2D eigenvalue weighted by molar-refractivity contribution is 0.0955. The predicted molar refractivity (Wildman–Crippen MR) is 91.9 cm³/mol. The number of nitrogens with zero attached hydrogens (tertiary/aromatic N) is 3. The van der Waals surface area contributed by atoms with Crippen LogP contribution in [0.15, 0.2) is 43.0 Å². The van der Waals surface area contributed by atoms with Crippen LogP contribution in [-0.4, -0.2) is 27.0 Å². The van der Waals surface area contributed by atoms with Crippen LogP contribution in [0.1, 0.15) is 15.4 Å². The molecule has 0 radical (unpaired) electrons. The van der Waals surface area contributed by atoms with E-state index in [1.165, 1.54) is 11.3 Å². The summed E-state index contributed by atoms with van der Waals surface area (Å²) in [7, 11) is 0. The summed E-state index contributed by atoms with van der Waals surface area (Å²) in [5.74, 6) is -0.103. The molecule has 0 saturated heterocycles. The SMILES string of the molecule is Cc1nc(-c2cccc(Cl)c2)sc1C(=O)NCCn1ccnc1. The number of hydrogen-bond acceptors (Lipinski definition) is 4. The van der Waals surface area contributed by atoms with E-state index in [4.69, 9.17) is 11.6 Å². The van der Waals surface area contributed by atoms with Gasteiger partial charge < -0.3 is 9.88 Å². The van der Waals surface area contributed by atoms with Gasteiger partial charge in [0.25, 0.3) is 5.91 Å². The number of aromatic nitrogens is 3. The molecule has 0 unspecified atom stereocenters. The normalized spacial score (nSPS) is 10.7. The molecule has 23 heavy (non-hydrogen) atoms. The minimum Gasteiger partial charge on any atom is -0.349 e. The van der Waals surface area contributed by atoms with Crippen molar-refractivity contribution in [2.75, 3.05) is 6.54 Å². The molecule has 1 N–H and O–H groups in total. The Labute approximate surface area is 143 Å². The standard InChI is InChI=1S/C16H15ClN4OS/c1-11-14(15(22)19-6-8-21-7-5-18-10-21)23-16(20-11)12-3-2-4-13(17)9-12/h2-5,7,9-10H,6,8H2,1H3,(H,19,22). The van der Waals surface area contributed by atoms with Crippen LogP contribution in [0, 0.1) is 6.92 Å². The lowest BCUT2D eigenvalue weighted by atomic mass is 10.2. The number of amides is 1. The number of nitrogens with one attached hydrogen (secondary N) is 1. The number of benzene rings is 1. The zero-order valence-corrected chi connectivity index (χ0v) is 14.1. The second-order valence-electron chi connectivity index (χ2n) is 5.00. The van der Waals surface area contributed by atoms with Crippen molar-refractivity contribution in [3.63, 3.8) is 0 Å². The van der Waals surface area contributed by atoms with E-state index in [1.807, 2.05) is 42.0 Å². The maximum absolute atomic E-state index is 12.3. The zero-order valence-electron chi connectivity index (χ0n) is 12.5. The predicted octanol–water partition coefficient (Wildman–Crippen LogP) is 3.40. The Morgan fingerprint density at radius 3 is 3.04 bits per heavy atom. The van der Waals surface area contributed by atoms with Crippen LogP contribution < -0.4 is 5.32 Å². The number of carbonyl (C=O) groups excluding carboxylic acids is 1. The molecule has 0 aliphatic carbocycles. The van der Waals surface area contributed by atoms with Gasteiger partial charge in [0.15, 0.2) is 0 Å². The highest BCUT2D eigenvalue weighted by atomic mass is 35.5. The Hall–Kier alpha value is -2.18. The van der Waals surface area contributed by atoms with Gasteiger partial charge in [-0.1, -0.05) is 23.7 Å². The third-order valence-corrected chi connectivity index (χ3v) is 4.73. The van der Waals surface area contributed by atoms with Gasteiger partial charge in [-0.25, -0.2) is 9.97 Å². The van der Waals surface area contributed by atoms with Crippen LogP contribution in [0.4, 0.5) is 0 Å². The topological polar surface area (TPSA) is 59.8 Å². The first-order valence-corrected chi connectivity index (χ1v) is 8.30. The summed E-state index contributed by atoms with van der Waals surface area (Å²) in [6.07, 6.45) is 5.30. The van der Waals surface area contributed by atoms with E-state index in [0.717, 1.165) is 16.3 Å². The number of halogens is 1. The Morgan fingerprint density at radius 1 is 1.43 bits per heavy atom. The maximum Gasteiger partial charge on any atom is 0.263 e. The van der Waals surface area contributed by atoms with E-state index in [0.29, 0.717) is 23.0 Å². The quantitative estimate of drug-likeness (QED) is 0.770. The molecule has 2 heterocycles. The lowest BCUT2D eigenvalue weighted by Gasteiger charge is -2.04. The molecule has 0 fully saturated rings. The minimum atomic E-state index is -0.103. The number of rotatable bonds is 5. The molecule has 0 atom stereocenters. The second kappa shape index (κ2) is 6.93. The van der Waals surface area contributed by atoms with Crippen LogP contribution in [0.3, 0.4) is 0 Å². The van der Waals surface area contributed by atoms with Gasteiger partial charge in [0.2, 0.25) is 0 Å². The summed E-state index contributed by atoms with van der Waals surface area (Å²) in [4.78, 5) is 21.4. The molecule has 0 aliphatic heterocycles. The van der Waals surface area contributed by atoms with Gasteiger partial charge in [-0.2, -0.15) is 0 Å². The highest BCUT2D eigenvalue weighted by molar-refractivity contribution is 7.17. The smallest absolute Gasteiger partial charge is 0.263 e. The summed E-state index contributed by atoms with van der Waals surface area (Å²) >= 11 is 7.39. The number of imidazole rings is 1. The van der Waals surface area contributed by atoms with Crippen molar-refractivity contribution < 1.29 is 4.79 Å². The van der Waals surface area contributed by atoms with Crippen molar-refractivity contribution in [2.24, 2.45) is 0 Å². The molecule has 5 nitrogen and oxygen atoms in total. The number of carbonyl (C=O) groups is 1. The third-order valence-electron chi connectivity index (χ3n) is 3.29. The molecule has 2 aromatic heterocycles. The van der Waals surface area contributed by atoms with Crippen molar-refractivity contribution in [2.45, 2.75) is 13.5 Å². The Balaban J connectivity index is 1.69. The molecule has 0 saturated carbocycles. The van der Waals surface area contributed by atoms with Crippen LogP contribution in [-0.2, 0) is 6.54 Å². The molecule has 3 aromatic rings. The van der Waals surface area contributed by atoms with Crippen molar-refractivity contribution in [3.8, 4) is 10.6 Å². The maximum atomic E-state index is 12.3. The van der Waals surface area contributed by atoms with E-state index < -0.39 is 0 Å². The van der Waals surface area contributed by atoms with E-state index in [2.05, 4.69) is 15.3 Å². The summed E-state index contributed by atoms with van der Waals surface area (Å²) in [5.41, 5.74) is 1.65. The first-order chi connectivity index (χ1) is 11.1. The fourth-order valence-electron chi connectivity index (χ4n) is 2.15. The minimum absolute atomic E-state index is 0.103. The second-order valence-corrected chi connectivity index (χ2v) is 6.44. The molecule has 1 amide bonds. The van der Waals surface area contributed by atoms with Crippen molar-refractivity contribution >= 4 is 28.8 Å². The molecule has 0 aliphatic rings. The molecule has 1 aromatic carbocycles.